The number of hydrogen-bond donors (Lipinski definition) is 2. The van der Waals surface area contributed by atoms with Crippen molar-refractivity contribution in [2.75, 3.05) is 13.1 Å². The van der Waals surface area contributed by atoms with E-state index in [0.717, 1.165) is 19.5 Å². The van der Waals surface area contributed by atoms with E-state index in [1.54, 1.807) is 0 Å². The predicted molar refractivity (Wildman–Crippen MR) is 97.0 cm³/mol. The topological polar surface area (TPSA) is 41.1 Å². The van der Waals surface area contributed by atoms with Crippen molar-refractivity contribution in [1.29, 1.82) is 0 Å². The maximum Gasteiger partial charge on any atom is 0.220 e. The number of halogens is 1. The van der Waals surface area contributed by atoms with Gasteiger partial charge >= 0.3 is 0 Å². The summed E-state index contributed by atoms with van der Waals surface area (Å²) in [6.07, 6.45) is 4.02. The van der Waals surface area contributed by atoms with E-state index in [0.29, 0.717) is 18.3 Å². The van der Waals surface area contributed by atoms with E-state index in [2.05, 4.69) is 43.5 Å². The number of piperidine rings is 1. The molecule has 22 heavy (non-hydrogen) atoms. The molecule has 1 aliphatic rings. The molecule has 126 valence electrons. The number of aryl methyl sites for hydroxylation is 1. The lowest BCUT2D eigenvalue weighted by molar-refractivity contribution is -0.122. The molecule has 1 fully saturated rings. The second-order valence-corrected chi connectivity index (χ2v) is 7.83. The van der Waals surface area contributed by atoms with Crippen molar-refractivity contribution < 1.29 is 4.79 Å². The zero-order valence-electron chi connectivity index (χ0n) is 13.9. The molecule has 1 aromatic heterocycles. The van der Waals surface area contributed by atoms with Gasteiger partial charge in [-0.1, -0.05) is 6.92 Å². The van der Waals surface area contributed by atoms with E-state index in [4.69, 9.17) is 0 Å². The van der Waals surface area contributed by atoms with Crippen molar-refractivity contribution in [3.63, 3.8) is 0 Å². The van der Waals surface area contributed by atoms with Crippen LogP contribution in [0.2, 0.25) is 0 Å². The van der Waals surface area contributed by atoms with Crippen LogP contribution in [0.3, 0.4) is 0 Å². The van der Waals surface area contributed by atoms with Gasteiger partial charge in [0.05, 0.1) is 0 Å². The zero-order chi connectivity index (χ0) is 15.2. The largest absolute Gasteiger partial charge is 0.353 e. The summed E-state index contributed by atoms with van der Waals surface area (Å²) in [4.78, 5) is 14.9. The van der Waals surface area contributed by atoms with Crippen LogP contribution in [0, 0.1) is 18.8 Å². The van der Waals surface area contributed by atoms with Crippen LogP contribution in [-0.2, 0) is 11.2 Å². The molecule has 0 spiro atoms. The summed E-state index contributed by atoms with van der Waals surface area (Å²) in [5.41, 5.74) is 0. The third-order valence-corrected chi connectivity index (χ3v) is 5.43. The number of amides is 1. The highest BCUT2D eigenvalue weighted by atomic mass is 35.5. The first-order valence-corrected chi connectivity index (χ1v) is 8.91. The Hall–Kier alpha value is -0.580. The van der Waals surface area contributed by atoms with Crippen molar-refractivity contribution in [3.05, 3.63) is 21.9 Å². The molecule has 0 saturated carbocycles. The molecule has 2 rings (SSSR count). The van der Waals surface area contributed by atoms with Gasteiger partial charge < -0.3 is 10.6 Å². The molecule has 2 heterocycles. The van der Waals surface area contributed by atoms with Gasteiger partial charge in [0.2, 0.25) is 5.91 Å². The summed E-state index contributed by atoms with van der Waals surface area (Å²) in [7, 11) is 0. The standard InChI is InChI=1S/C17H28N2OS.ClH/c1-12(15-6-8-18-9-7-15)10-17(20)19-13(2)11-16-5-4-14(3)21-16;/h4-5,12-13,15,18H,6-11H2,1-3H3,(H,19,20);1H. The van der Waals surface area contributed by atoms with Crippen LogP contribution in [0.15, 0.2) is 12.1 Å². The minimum Gasteiger partial charge on any atom is -0.353 e. The fourth-order valence-electron chi connectivity index (χ4n) is 3.15. The molecule has 3 nitrogen and oxygen atoms in total. The van der Waals surface area contributed by atoms with E-state index in [-0.39, 0.29) is 24.4 Å². The second kappa shape index (κ2) is 9.53. The fraction of sp³-hybridized carbons (Fsp3) is 0.706. The molecule has 0 aromatic carbocycles. The van der Waals surface area contributed by atoms with Crippen LogP contribution in [-0.4, -0.2) is 25.0 Å². The molecule has 2 unspecified atom stereocenters. The van der Waals surface area contributed by atoms with Crippen LogP contribution in [0.25, 0.3) is 0 Å². The Bertz CT molecular complexity index is 457. The van der Waals surface area contributed by atoms with Crippen molar-refractivity contribution in [3.8, 4) is 0 Å². The Balaban J connectivity index is 0.00000242. The third-order valence-electron chi connectivity index (χ3n) is 4.41. The normalized spacial score (nSPS) is 18.3. The molecule has 0 bridgehead atoms. The van der Waals surface area contributed by atoms with Crippen LogP contribution in [0.1, 0.15) is 42.9 Å². The van der Waals surface area contributed by atoms with Gasteiger partial charge in [0, 0.05) is 28.6 Å². The maximum absolute atomic E-state index is 12.2. The van der Waals surface area contributed by atoms with Crippen molar-refractivity contribution in [1.82, 2.24) is 10.6 Å². The summed E-state index contributed by atoms with van der Waals surface area (Å²) in [5, 5.41) is 6.54. The van der Waals surface area contributed by atoms with Crippen LogP contribution < -0.4 is 10.6 Å². The highest BCUT2D eigenvalue weighted by Crippen LogP contribution is 2.24. The first-order chi connectivity index (χ1) is 10.0. The summed E-state index contributed by atoms with van der Waals surface area (Å²) >= 11 is 1.82. The number of carbonyl (C=O) groups is 1. The van der Waals surface area contributed by atoms with Gasteiger partial charge in [-0.05, 0) is 63.7 Å². The van der Waals surface area contributed by atoms with Gasteiger partial charge in [0.25, 0.3) is 0 Å². The van der Waals surface area contributed by atoms with E-state index in [1.807, 2.05) is 11.3 Å². The van der Waals surface area contributed by atoms with Crippen LogP contribution >= 0.6 is 23.7 Å². The highest BCUT2D eigenvalue weighted by Gasteiger charge is 2.22. The van der Waals surface area contributed by atoms with Crippen LogP contribution in [0.5, 0.6) is 0 Å². The summed E-state index contributed by atoms with van der Waals surface area (Å²) in [6, 6.07) is 4.53. The molecule has 1 aromatic rings. The van der Waals surface area contributed by atoms with Gasteiger partial charge in [-0.3, -0.25) is 4.79 Å². The van der Waals surface area contributed by atoms with Crippen LogP contribution in [0.4, 0.5) is 0 Å². The van der Waals surface area contributed by atoms with Gasteiger partial charge in [-0.25, -0.2) is 0 Å². The molecular formula is C17H29ClN2OS. The number of rotatable bonds is 6. The van der Waals surface area contributed by atoms with E-state index < -0.39 is 0 Å². The van der Waals surface area contributed by atoms with E-state index in [9.17, 15) is 4.79 Å². The highest BCUT2D eigenvalue weighted by molar-refractivity contribution is 7.11. The quantitative estimate of drug-likeness (QED) is 0.828. The van der Waals surface area contributed by atoms with Gasteiger partial charge in [-0.2, -0.15) is 0 Å². The minimum atomic E-state index is 0. The number of hydrogen-bond acceptors (Lipinski definition) is 3. The van der Waals surface area contributed by atoms with Gasteiger partial charge in [0.15, 0.2) is 0 Å². The molecule has 5 heteroatoms. The lowest BCUT2D eigenvalue weighted by Gasteiger charge is -2.28. The van der Waals surface area contributed by atoms with Crippen molar-refractivity contribution in [2.45, 2.75) is 52.5 Å². The third kappa shape index (κ3) is 6.27. The molecule has 1 amide bonds. The van der Waals surface area contributed by atoms with Gasteiger partial charge in [-0.15, -0.1) is 23.7 Å². The van der Waals surface area contributed by atoms with E-state index >= 15 is 0 Å². The monoisotopic (exact) mass is 344 g/mol. The van der Waals surface area contributed by atoms with E-state index in [1.165, 1.54) is 22.6 Å². The Morgan fingerprint density at radius 1 is 1.36 bits per heavy atom. The first kappa shape index (κ1) is 19.5. The lowest BCUT2D eigenvalue weighted by atomic mass is 9.84. The Morgan fingerprint density at radius 2 is 2.05 bits per heavy atom. The molecule has 1 saturated heterocycles. The Morgan fingerprint density at radius 3 is 2.64 bits per heavy atom. The van der Waals surface area contributed by atoms with Crippen molar-refractivity contribution in [2.24, 2.45) is 11.8 Å². The zero-order valence-corrected chi connectivity index (χ0v) is 15.5. The molecule has 2 atom stereocenters. The number of nitrogens with one attached hydrogen (secondary N) is 2. The molecule has 1 aliphatic heterocycles. The Labute approximate surface area is 144 Å². The van der Waals surface area contributed by atoms with Gasteiger partial charge in [0.1, 0.15) is 0 Å². The maximum atomic E-state index is 12.2. The smallest absolute Gasteiger partial charge is 0.220 e. The number of thiophene rings is 1. The SMILES string of the molecule is Cc1ccc(CC(C)NC(=O)CC(C)C2CCNCC2)s1.Cl. The molecule has 0 aliphatic carbocycles. The fourth-order valence-corrected chi connectivity index (χ4v) is 4.17. The first-order valence-electron chi connectivity index (χ1n) is 8.10. The second-order valence-electron chi connectivity index (χ2n) is 6.45. The lowest BCUT2D eigenvalue weighted by Crippen LogP contribution is -2.37. The summed E-state index contributed by atoms with van der Waals surface area (Å²) < 4.78 is 0. The summed E-state index contributed by atoms with van der Waals surface area (Å²) in [5.74, 6) is 1.40. The molecule has 2 N–H and O–H groups in total. The minimum absolute atomic E-state index is 0. The average molecular weight is 345 g/mol. The summed E-state index contributed by atoms with van der Waals surface area (Å²) in [6.45, 7) is 8.65. The molecule has 0 radical (unpaired) electrons. The Kier molecular flexibility index (Phi) is 8.44. The average Bonchev–Trinajstić information content (AvgIpc) is 2.84. The molecular weight excluding hydrogens is 316 g/mol. The number of carbonyl (C=O) groups excluding carboxylic acids is 1. The van der Waals surface area contributed by atoms with Crippen molar-refractivity contribution >= 4 is 29.7 Å². The predicted octanol–water partition coefficient (Wildman–Crippen LogP) is 3.55.